The molecular formula is C13H15N3O. The minimum Gasteiger partial charge on any atom is -0.266 e. The van der Waals surface area contributed by atoms with E-state index < -0.39 is 0 Å². The molecular weight excluding hydrogens is 214 g/mol. The van der Waals surface area contributed by atoms with Crippen molar-refractivity contribution in [3.63, 3.8) is 0 Å². The summed E-state index contributed by atoms with van der Waals surface area (Å²) in [4.78, 5) is 14.0. The van der Waals surface area contributed by atoms with E-state index in [1.54, 1.807) is 18.3 Å². The van der Waals surface area contributed by atoms with Gasteiger partial charge in [0.1, 0.15) is 6.61 Å². The molecule has 0 radical (unpaired) electrons. The second-order valence-corrected chi connectivity index (χ2v) is 3.75. The van der Waals surface area contributed by atoms with E-state index in [1.165, 1.54) is 0 Å². The highest BCUT2D eigenvalue weighted by Crippen LogP contribution is 2.08. The van der Waals surface area contributed by atoms with Gasteiger partial charge in [0.2, 0.25) is 5.95 Å². The number of aryl methyl sites for hydroxylation is 1. The minimum absolute atomic E-state index is 0.509. The smallest absolute Gasteiger partial charge is 0.249 e. The van der Waals surface area contributed by atoms with Crippen LogP contribution in [0.5, 0.6) is 0 Å². The van der Waals surface area contributed by atoms with Crippen molar-refractivity contribution in [1.82, 2.24) is 9.97 Å². The molecule has 0 aliphatic heterocycles. The normalized spacial score (nSPS) is 10.2. The summed E-state index contributed by atoms with van der Waals surface area (Å²) < 4.78 is 0. The maximum atomic E-state index is 5.58. The number of rotatable bonds is 4. The lowest BCUT2D eigenvalue weighted by Gasteiger charge is -2.16. The summed E-state index contributed by atoms with van der Waals surface area (Å²) in [5.74, 6) is 0.570. The summed E-state index contributed by atoms with van der Waals surface area (Å²) in [5, 5.41) is 1.58. The summed E-state index contributed by atoms with van der Waals surface area (Å²) in [6, 6.07) is 11.9. The molecule has 0 aliphatic rings. The molecule has 4 nitrogen and oxygen atoms in total. The van der Waals surface area contributed by atoms with E-state index in [4.69, 9.17) is 4.84 Å². The molecule has 0 N–H and O–H groups in total. The molecule has 0 atom stereocenters. The molecule has 88 valence electrons. The summed E-state index contributed by atoms with van der Waals surface area (Å²) in [5.41, 5.74) is 2.04. The van der Waals surface area contributed by atoms with Gasteiger partial charge in [0.05, 0.1) is 0 Å². The third-order valence-electron chi connectivity index (χ3n) is 2.33. The van der Waals surface area contributed by atoms with Crippen LogP contribution in [0.3, 0.4) is 0 Å². The maximum absolute atomic E-state index is 5.58. The lowest BCUT2D eigenvalue weighted by molar-refractivity contribution is 0.104. The second kappa shape index (κ2) is 5.41. The molecule has 0 spiro atoms. The van der Waals surface area contributed by atoms with Crippen LogP contribution >= 0.6 is 0 Å². The monoisotopic (exact) mass is 229 g/mol. The van der Waals surface area contributed by atoms with Crippen molar-refractivity contribution in [2.24, 2.45) is 0 Å². The van der Waals surface area contributed by atoms with Gasteiger partial charge in [-0.3, -0.25) is 4.84 Å². The average molecular weight is 229 g/mol. The van der Waals surface area contributed by atoms with Crippen molar-refractivity contribution < 1.29 is 4.84 Å². The number of hydrogen-bond donors (Lipinski definition) is 0. The predicted octanol–water partition coefficient (Wildman–Crippen LogP) is 2.35. The molecule has 1 heterocycles. The Morgan fingerprint density at radius 1 is 1.18 bits per heavy atom. The number of benzene rings is 1. The third kappa shape index (κ3) is 3.26. The van der Waals surface area contributed by atoms with Crippen molar-refractivity contribution in [3.8, 4) is 0 Å². The van der Waals surface area contributed by atoms with Gasteiger partial charge in [-0.05, 0) is 18.6 Å². The molecule has 0 unspecified atom stereocenters. The molecule has 1 aromatic heterocycles. The Bertz CT molecular complexity index is 473. The van der Waals surface area contributed by atoms with Crippen LogP contribution in [0.15, 0.2) is 42.6 Å². The Morgan fingerprint density at radius 3 is 2.65 bits per heavy atom. The summed E-state index contributed by atoms with van der Waals surface area (Å²) in [6.45, 7) is 2.44. The van der Waals surface area contributed by atoms with Gasteiger partial charge in [-0.1, -0.05) is 30.3 Å². The van der Waals surface area contributed by atoms with Crippen LogP contribution in [0.2, 0.25) is 0 Å². The van der Waals surface area contributed by atoms with Gasteiger partial charge in [0.15, 0.2) is 0 Å². The SMILES string of the molecule is Cc1ccnc(N(C)OCc2ccccc2)n1. The lowest BCUT2D eigenvalue weighted by Crippen LogP contribution is -2.20. The molecule has 17 heavy (non-hydrogen) atoms. The Morgan fingerprint density at radius 2 is 1.94 bits per heavy atom. The zero-order valence-electron chi connectivity index (χ0n) is 10.00. The first-order valence-corrected chi connectivity index (χ1v) is 5.46. The highest BCUT2D eigenvalue weighted by molar-refractivity contribution is 5.24. The number of nitrogens with zero attached hydrogens (tertiary/aromatic N) is 3. The van der Waals surface area contributed by atoms with Crippen molar-refractivity contribution >= 4 is 5.95 Å². The molecule has 0 fully saturated rings. The van der Waals surface area contributed by atoms with E-state index in [1.807, 2.05) is 43.3 Å². The van der Waals surface area contributed by atoms with E-state index in [0.717, 1.165) is 11.3 Å². The lowest BCUT2D eigenvalue weighted by atomic mass is 10.2. The zero-order valence-corrected chi connectivity index (χ0v) is 10.00. The highest BCUT2D eigenvalue weighted by atomic mass is 16.7. The van der Waals surface area contributed by atoms with Crippen molar-refractivity contribution in [3.05, 3.63) is 53.9 Å². The number of aromatic nitrogens is 2. The van der Waals surface area contributed by atoms with Crippen LogP contribution in [-0.2, 0) is 11.4 Å². The summed E-state index contributed by atoms with van der Waals surface area (Å²) in [6.07, 6.45) is 1.72. The van der Waals surface area contributed by atoms with Crippen molar-refractivity contribution in [2.75, 3.05) is 12.1 Å². The van der Waals surface area contributed by atoms with Crippen LogP contribution in [0, 0.1) is 6.92 Å². The Kier molecular flexibility index (Phi) is 3.67. The highest BCUT2D eigenvalue weighted by Gasteiger charge is 2.04. The van der Waals surface area contributed by atoms with Crippen LogP contribution in [0.4, 0.5) is 5.95 Å². The number of hydrogen-bond acceptors (Lipinski definition) is 4. The first kappa shape index (κ1) is 11.5. The number of anilines is 1. The molecule has 2 aromatic rings. The van der Waals surface area contributed by atoms with E-state index in [-0.39, 0.29) is 0 Å². The fourth-order valence-electron chi connectivity index (χ4n) is 1.39. The van der Waals surface area contributed by atoms with Gasteiger partial charge in [0, 0.05) is 18.9 Å². The molecule has 0 saturated carbocycles. The van der Waals surface area contributed by atoms with Crippen LogP contribution in [-0.4, -0.2) is 17.0 Å². The van der Waals surface area contributed by atoms with Gasteiger partial charge in [-0.2, -0.15) is 0 Å². The average Bonchev–Trinajstić information content (AvgIpc) is 2.37. The minimum atomic E-state index is 0.509. The fraction of sp³-hybridized carbons (Fsp3) is 0.231. The Labute approximate surface area is 101 Å². The topological polar surface area (TPSA) is 38.2 Å². The standard InChI is InChI=1S/C13H15N3O/c1-11-8-9-14-13(15-11)16(2)17-10-12-6-4-3-5-7-12/h3-9H,10H2,1-2H3. The van der Waals surface area contributed by atoms with Crippen LogP contribution in [0.1, 0.15) is 11.3 Å². The van der Waals surface area contributed by atoms with E-state index in [0.29, 0.717) is 12.6 Å². The van der Waals surface area contributed by atoms with E-state index in [2.05, 4.69) is 9.97 Å². The summed E-state index contributed by atoms with van der Waals surface area (Å²) in [7, 11) is 1.80. The molecule has 0 saturated heterocycles. The second-order valence-electron chi connectivity index (χ2n) is 3.75. The first-order chi connectivity index (χ1) is 8.25. The van der Waals surface area contributed by atoms with Crippen LogP contribution < -0.4 is 5.06 Å². The maximum Gasteiger partial charge on any atom is 0.249 e. The van der Waals surface area contributed by atoms with Gasteiger partial charge in [-0.15, -0.1) is 0 Å². The van der Waals surface area contributed by atoms with Gasteiger partial charge in [0.25, 0.3) is 0 Å². The molecule has 0 bridgehead atoms. The van der Waals surface area contributed by atoms with Crippen molar-refractivity contribution in [2.45, 2.75) is 13.5 Å². The first-order valence-electron chi connectivity index (χ1n) is 5.46. The Hall–Kier alpha value is -1.94. The number of hydroxylamine groups is 1. The molecule has 0 amide bonds. The molecule has 4 heteroatoms. The molecule has 0 aliphatic carbocycles. The van der Waals surface area contributed by atoms with E-state index >= 15 is 0 Å². The zero-order chi connectivity index (χ0) is 12.1. The van der Waals surface area contributed by atoms with Gasteiger partial charge in [-0.25, -0.2) is 15.0 Å². The largest absolute Gasteiger partial charge is 0.266 e. The Balaban J connectivity index is 1.96. The third-order valence-corrected chi connectivity index (χ3v) is 2.33. The van der Waals surface area contributed by atoms with Gasteiger partial charge >= 0.3 is 0 Å². The fourth-order valence-corrected chi connectivity index (χ4v) is 1.39. The van der Waals surface area contributed by atoms with Crippen molar-refractivity contribution in [1.29, 1.82) is 0 Å². The van der Waals surface area contributed by atoms with E-state index in [9.17, 15) is 0 Å². The quantitative estimate of drug-likeness (QED) is 0.754. The van der Waals surface area contributed by atoms with Gasteiger partial charge < -0.3 is 0 Å². The van der Waals surface area contributed by atoms with Crippen LogP contribution in [0.25, 0.3) is 0 Å². The molecule has 1 aromatic carbocycles. The molecule has 2 rings (SSSR count). The summed E-state index contributed by atoms with van der Waals surface area (Å²) >= 11 is 0. The predicted molar refractivity (Wildman–Crippen MR) is 66.4 cm³/mol.